The van der Waals surface area contributed by atoms with Crippen LogP contribution in [0.5, 0.6) is 0 Å². The molecule has 2 heterocycles. The molecule has 19 heavy (non-hydrogen) atoms. The Morgan fingerprint density at radius 1 is 1.53 bits per heavy atom. The molecule has 1 fully saturated rings. The Balaban J connectivity index is 1.68. The summed E-state index contributed by atoms with van der Waals surface area (Å²) >= 11 is 1.63. The van der Waals surface area contributed by atoms with Crippen molar-refractivity contribution in [1.82, 2.24) is 15.3 Å². The van der Waals surface area contributed by atoms with Crippen LogP contribution in [-0.2, 0) is 6.54 Å². The van der Waals surface area contributed by atoms with Gasteiger partial charge in [-0.1, -0.05) is 0 Å². The maximum absolute atomic E-state index is 12.1. The highest BCUT2D eigenvalue weighted by molar-refractivity contribution is 7.07. The van der Waals surface area contributed by atoms with Gasteiger partial charge in [0.15, 0.2) is 0 Å². The van der Waals surface area contributed by atoms with Crippen molar-refractivity contribution in [1.29, 1.82) is 0 Å². The number of thiophene rings is 1. The highest BCUT2D eigenvalue weighted by Gasteiger charge is 2.27. The quantitative estimate of drug-likeness (QED) is 0.931. The van der Waals surface area contributed by atoms with Gasteiger partial charge in [0.05, 0.1) is 11.3 Å². The van der Waals surface area contributed by atoms with Crippen molar-refractivity contribution in [3.63, 3.8) is 0 Å². The van der Waals surface area contributed by atoms with E-state index in [0.717, 1.165) is 17.1 Å². The van der Waals surface area contributed by atoms with Crippen molar-refractivity contribution in [3.05, 3.63) is 45.7 Å². The molecular weight excluding hydrogens is 258 g/mol. The summed E-state index contributed by atoms with van der Waals surface area (Å²) in [5.74, 6) is 1.29. The third-order valence-electron chi connectivity index (χ3n) is 3.22. The summed E-state index contributed by atoms with van der Waals surface area (Å²) < 4.78 is 0. The van der Waals surface area contributed by atoms with E-state index in [1.54, 1.807) is 17.5 Å². The molecule has 1 aliphatic rings. The first-order valence-electron chi connectivity index (χ1n) is 6.37. The minimum atomic E-state index is -0.106. The van der Waals surface area contributed by atoms with E-state index in [1.807, 2.05) is 23.8 Å². The van der Waals surface area contributed by atoms with Gasteiger partial charge >= 0.3 is 0 Å². The van der Waals surface area contributed by atoms with Gasteiger partial charge in [-0.3, -0.25) is 4.79 Å². The number of carbonyl (C=O) groups excluding carboxylic acids is 1. The van der Waals surface area contributed by atoms with Gasteiger partial charge < -0.3 is 5.32 Å². The minimum absolute atomic E-state index is 0.106. The molecule has 0 radical (unpaired) electrons. The topological polar surface area (TPSA) is 54.9 Å². The highest BCUT2D eigenvalue weighted by Crippen LogP contribution is 2.37. The predicted octanol–water partition coefficient (Wildman–Crippen LogP) is 2.65. The number of hydrogen-bond acceptors (Lipinski definition) is 4. The standard InChI is InChI=1S/C14H15N3OS/c1-9-12(7-15-13(17-9)11-2-3-11)14(18)16-6-10-4-5-19-8-10/h4-5,7-8,11H,2-3,6H2,1H3,(H,16,18). The van der Waals surface area contributed by atoms with E-state index in [1.165, 1.54) is 12.8 Å². The Hall–Kier alpha value is -1.75. The van der Waals surface area contributed by atoms with Crippen molar-refractivity contribution >= 4 is 17.2 Å². The lowest BCUT2D eigenvalue weighted by molar-refractivity contribution is 0.0949. The zero-order valence-corrected chi connectivity index (χ0v) is 11.5. The lowest BCUT2D eigenvalue weighted by Gasteiger charge is -2.07. The second-order valence-corrected chi connectivity index (χ2v) is 5.60. The third-order valence-corrected chi connectivity index (χ3v) is 3.95. The Morgan fingerprint density at radius 3 is 3.00 bits per heavy atom. The van der Waals surface area contributed by atoms with Crippen LogP contribution >= 0.6 is 11.3 Å². The number of amides is 1. The number of hydrogen-bond donors (Lipinski definition) is 1. The van der Waals surface area contributed by atoms with Gasteiger partial charge in [-0.2, -0.15) is 11.3 Å². The molecule has 1 saturated carbocycles. The molecule has 1 amide bonds. The zero-order chi connectivity index (χ0) is 13.2. The van der Waals surface area contributed by atoms with E-state index in [9.17, 15) is 4.79 Å². The molecule has 98 valence electrons. The van der Waals surface area contributed by atoms with Gasteiger partial charge in [-0.15, -0.1) is 0 Å². The normalized spacial score (nSPS) is 14.4. The van der Waals surface area contributed by atoms with E-state index in [0.29, 0.717) is 18.0 Å². The van der Waals surface area contributed by atoms with Crippen LogP contribution in [0.1, 0.15) is 46.2 Å². The average Bonchev–Trinajstić information content (AvgIpc) is 3.13. The van der Waals surface area contributed by atoms with E-state index in [4.69, 9.17) is 0 Å². The molecule has 4 nitrogen and oxygen atoms in total. The van der Waals surface area contributed by atoms with Crippen LogP contribution in [-0.4, -0.2) is 15.9 Å². The van der Waals surface area contributed by atoms with E-state index >= 15 is 0 Å². The maximum atomic E-state index is 12.1. The van der Waals surface area contributed by atoms with Crippen molar-refractivity contribution in [2.45, 2.75) is 32.2 Å². The summed E-state index contributed by atoms with van der Waals surface area (Å²) in [6.07, 6.45) is 3.99. The van der Waals surface area contributed by atoms with Gasteiger partial charge in [-0.05, 0) is 42.2 Å². The van der Waals surface area contributed by atoms with Crippen LogP contribution in [0.25, 0.3) is 0 Å². The molecule has 1 aliphatic carbocycles. The molecule has 5 heteroatoms. The molecule has 0 aliphatic heterocycles. The number of carbonyl (C=O) groups is 1. The molecule has 0 unspecified atom stereocenters. The SMILES string of the molecule is Cc1nc(C2CC2)ncc1C(=O)NCc1ccsc1. The summed E-state index contributed by atoms with van der Waals surface area (Å²) in [6, 6.07) is 2.00. The number of aromatic nitrogens is 2. The molecule has 1 N–H and O–H groups in total. The van der Waals surface area contributed by atoms with Crippen molar-refractivity contribution in [2.24, 2.45) is 0 Å². The number of rotatable bonds is 4. The number of nitrogens with zero attached hydrogens (tertiary/aromatic N) is 2. The van der Waals surface area contributed by atoms with E-state index in [2.05, 4.69) is 15.3 Å². The smallest absolute Gasteiger partial charge is 0.254 e. The van der Waals surface area contributed by atoms with Crippen LogP contribution in [0.15, 0.2) is 23.0 Å². The van der Waals surface area contributed by atoms with Gasteiger partial charge in [0.1, 0.15) is 5.82 Å². The highest BCUT2D eigenvalue weighted by atomic mass is 32.1. The monoisotopic (exact) mass is 273 g/mol. The van der Waals surface area contributed by atoms with E-state index < -0.39 is 0 Å². The van der Waals surface area contributed by atoms with Gasteiger partial charge in [0.25, 0.3) is 5.91 Å². The van der Waals surface area contributed by atoms with Crippen LogP contribution in [0.4, 0.5) is 0 Å². The zero-order valence-electron chi connectivity index (χ0n) is 10.7. The Bertz CT molecular complexity index is 591. The number of nitrogens with one attached hydrogen (secondary N) is 1. The summed E-state index contributed by atoms with van der Waals surface area (Å²) in [5.41, 5.74) is 2.45. The third kappa shape index (κ3) is 2.81. The first-order valence-corrected chi connectivity index (χ1v) is 7.31. The lowest BCUT2D eigenvalue weighted by atomic mass is 10.2. The second-order valence-electron chi connectivity index (χ2n) is 4.82. The fourth-order valence-corrected chi connectivity index (χ4v) is 2.59. The molecule has 0 bridgehead atoms. The number of aryl methyl sites for hydroxylation is 1. The maximum Gasteiger partial charge on any atom is 0.254 e. The minimum Gasteiger partial charge on any atom is -0.348 e. The first kappa shape index (κ1) is 12.3. The van der Waals surface area contributed by atoms with Gasteiger partial charge in [0.2, 0.25) is 0 Å². The summed E-state index contributed by atoms with van der Waals surface area (Å²) in [7, 11) is 0. The van der Waals surface area contributed by atoms with Crippen LogP contribution in [0, 0.1) is 6.92 Å². The summed E-state index contributed by atoms with van der Waals surface area (Å²) in [5, 5.41) is 6.92. The molecule has 0 spiro atoms. The van der Waals surface area contributed by atoms with Crippen molar-refractivity contribution in [2.75, 3.05) is 0 Å². The van der Waals surface area contributed by atoms with Gasteiger partial charge in [-0.25, -0.2) is 9.97 Å². The van der Waals surface area contributed by atoms with Crippen LogP contribution in [0.3, 0.4) is 0 Å². The molecule has 0 saturated heterocycles. The molecular formula is C14H15N3OS. The largest absolute Gasteiger partial charge is 0.348 e. The molecule has 2 aromatic rings. The Labute approximate surface area is 115 Å². The molecule has 2 aromatic heterocycles. The summed E-state index contributed by atoms with van der Waals surface area (Å²) in [4.78, 5) is 20.8. The lowest BCUT2D eigenvalue weighted by Crippen LogP contribution is -2.24. The fourth-order valence-electron chi connectivity index (χ4n) is 1.92. The fraction of sp³-hybridized carbons (Fsp3) is 0.357. The average molecular weight is 273 g/mol. The predicted molar refractivity (Wildman–Crippen MR) is 74.2 cm³/mol. The van der Waals surface area contributed by atoms with E-state index in [-0.39, 0.29) is 5.91 Å². The molecule has 0 atom stereocenters. The van der Waals surface area contributed by atoms with Crippen LogP contribution in [0.2, 0.25) is 0 Å². The first-order chi connectivity index (χ1) is 9.24. The molecule has 3 rings (SSSR count). The Morgan fingerprint density at radius 2 is 2.37 bits per heavy atom. The molecule has 0 aromatic carbocycles. The van der Waals surface area contributed by atoms with Gasteiger partial charge in [0, 0.05) is 18.7 Å². The Kier molecular flexibility index (Phi) is 3.29. The summed E-state index contributed by atoms with van der Waals surface area (Å²) in [6.45, 7) is 2.42. The second kappa shape index (κ2) is 5.09. The van der Waals surface area contributed by atoms with Crippen molar-refractivity contribution < 1.29 is 4.79 Å². The van der Waals surface area contributed by atoms with Crippen LogP contribution < -0.4 is 5.32 Å². The van der Waals surface area contributed by atoms with Crippen molar-refractivity contribution in [3.8, 4) is 0 Å².